The first-order chi connectivity index (χ1) is 5.71. The van der Waals surface area contributed by atoms with Crippen LogP contribution in [0.5, 0.6) is 0 Å². The van der Waals surface area contributed by atoms with Gasteiger partial charge in [0.15, 0.2) is 0 Å². The van der Waals surface area contributed by atoms with Gasteiger partial charge in [-0.25, -0.2) is 0 Å². The second kappa shape index (κ2) is 3.15. The third-order valence-corrected chi connectivity index (χ3v) is 3.47. The van der Waals surface area contributed by atoms with E-state index < -0.39 is 27.3 Å². The van der Waals surface area contributed by atoms with Crippen LogP contribution in [-0.2, 0) is 20.6 Å². The van der Waals surface area contributed by atoms with Gasteiger partial charge in [-0.3, -0.25) is 9.11 Å². The van der Waals surface area contributed by atoms with Gasteiger partial charge in [0, 0.05) is 13.1 Å². The molecule has 78 valence electrons. The van der Waals surface area contributed by atoms with Crippen LogP contribution in [0.15, 0.2) is 0 Å². The Morgan fingerprint density at radius 1 is 0.846 bits per heavy atom. The summed E-state index contributed by atoms with van der Waals surface area (Å²) in [6.45, 7) is -0.894. The molecule has 8 nitrogen and oxygen atoms in total. The van der Waals surface area contributed by atoms with Crippen molar-refractivity contribution in [3.8, 4) is 0 Å². The van der Waals surface area contributed by atoms with Gasteiger partial charge in [0.2, 0.25) is 0 Å². The smallest absolute Gasteiger partial charge is 0.273 e. The van der Waals surface area contributed by atoms with Crippen LogP contribution in [0, 0.1) is 0 Å². The normalized spacial score (nSPS) is 22.3. The van der Waals surface area contributed by atoms with E-state index in [0.29, 0.717) is 8.61 Å². The van der Waals surface area contributed by atoms with Gasteiger partial charge < -0.3 is 0 Å². The number of hydrogen-bond donors (Lipinski definition) is 2. The first kappa shape index (κ1) is 10.8. The summed E-state index contributed by atoms with van der Waals surface area (Å²) in [5, 5.41) is 0. The molecular weight excluding hydrogens is 224 g/mol. The lowest BCUT2D eigenvalue weighted by molar-refractivity contribution is 0.344. The van der Waals surface area contributed by atoms with Crippen molar-refractivity contribution in [3.63, 3.8) is 0 Å². The summed E-state index contributed by atoms with van der Waals surface area (Å²) in [4.78, 5) is 0. The Kier molecular flexibility index (Phi) is 2.62. The highest BCUT2D eigenvalue weighted by Crippen LogP contribution is 2.11. The van der Waals surface area contributed by atoms with Gasteiger partial charge in [-0.15, -0.1) is 0 Å². The summed E-state index contributed by atoms with van der Waals surface area (Å²) >= 11 is 0. The second-order valence-electron chi connectivity index (χ2n) is 2.45. The predicted octanol–water partition coefficient (Wildman–Crippen LogP) is -1.83. The zero-order valence-corrected chi connectivity index (χ0v) is 7.99. The lowest BCUT2D eigenvalue weighted by atomic mass is 10.7. The third kappa shape index (κ3) is 2.59. The Hall–Kier alpha value is -0.260. The third-order valence-electron chi connectivity index (χ3n) is 1.57. The quantitative estimate of drug-likeness (QED) is 0.541. The predicted molar refractivity (Wildman–Crippen MR) is 41.4 cm³/mol. The summed E-state index contributed by atoms with van der Waals surface area (Å²) in [5.74, 6) is 0. The minimum absolute atomic E-state index is 0.168. The zero-order chi connectivity index (χ0) is 10.3. The molecule has 0 amide bonds. The van der Waals surface area contributed by atoms with Gasteiger partial charge in [0.25, 0.3) is 0 Å². The molecule has 1 aliphatic rings. The number of hydrogen-bond acceptors (Lipinski definition) is 4. The van der Waals surface area contributed by atoms with Gasteiger partial charge in [-0.1, -0.05) is 0 Å². The molecule has 0 bridgehead atoms. The highest BCUT2D eigenvalue weighted by Gasteiger charge is 2.33. The molecular formula is C3H8N2O6S2. The van der Waals surface area contributed by atoms with Crippen LogP contribution >= 0.6 is 0 Å². The minimum atomic E-state index is -4.38. The Morgan fingerprint density at radius 2 is 1.15 bits per heavy atom. The molecule has 0 radical (unpaired) electrons. The van der Waals surface area contributed by atoms with E-state index in [1.54, 1.807) is 0 Å². The fraction of sp³-hybridized carbons (Fsp3) is 1.00. The van der Waals surface area contributed by atoms with Crippen molar-refractivity contribution in [2.24, 2.45) is 0 Å². The zero-order valence-electron chi connectivity index (χ0n) is 6.36. The van der Waals surface area contributed by atoms with Crippen LogP contribution in [0.2, 0.25) is 0 Å². The van der Waals surface area contributed by atoms with Crippen LogP contribution < -0.4 is 0 Å². The van der Waals surface area contributed by atoms with Crippen LogP contribution in [0.4, 0.5) is 0 Å². The maximum Gasteiger partial charge on any atom is 0.337 e. The van der Waals surface area contributed by atoms with E-state index in [9.17, 15) is 16.8 Å². The standard InChI is InChI=1S/C3H8N2O6S2/c6-12(7,8)4-1-2-5(3-4)13(9,10)11/h1-3H2,(H,6,7,8)(H,9,10,11). The SMILES string of the molecule is O=S(=O)(O)N1CCN(S(=O)(=O)O)C1. The fourth-order valence-corrected chi connectivity index (χ4v) is 2.19. The van der Waals surface area contributed by atoms with Crippen molar-refractivity contribution in [2.45, 2.75) is 0 Å². The highest BCUT2D eigenvalue weighted by molar-refractivity contribution is 7.84. The van der Waals surface area contributed by atoms with Crippen molar-refractivity contribution in [1.82, 2.24) is 8.61 Å². The van der Waals surface area contributed by atoms with Gasteiger partial charge >= 0.3 is 20.6 Å². The molecule has 0 spiro atoms. The Balaban J connectivity index is 2.77. The minimum Gasteiger partial charge on any atom is -0.273 e. The van der Waals surface area contributed by atoms with Gasteiger partial charge in [-0.2, -0.15) is 25.4 Å². The van der Waals surface area contributed by atoms with E-state index in [4.69, 9.17) is 9.11 Å². The second-order valence-corrected chi connectivity index (χ2v) is 5.27. The first-order valence-corrected chi connectivity index (χ1v) is 5.96. The molecule has 1 heterocycles. The number of rotatable bonds is 2. The van der Waals surface area contributed by atoms with Crippen molar-refractivity contribution in [1.29, 1.82) is 0 Å². The molecule has 13 heavy (non-hydrogen) atoms. The molecule has 0 unspecified atom stereocenters. The van der Waals surface area contributed by atoms with Crippen LogP contribution in [-0.4, -0.2) is 54.3 Å². The van der Waals surface area contributed by atoms with E-state index in [1.807, 2.05) is 0 Å². The molecule has 10 heteroatoms. The van der Waals surface area contributed by atoms with Crippen molar-refractivity contribution in [3.05, 3.63) is 0 Å². The maximum absolute atomic E-state index is 10.5. The Bertz CT molecular complexity index is 346. The molecule has 1 fully saturated rings. The lowest BCUT2D eigenvalue weighted by Crippen LogP contribution is -2.33. The van der Waals surface area contributed by atoms with Crippen molar-refractivity contribution >= 4 is 20.6 Å². The summed E-state index contributed by atoms with van der Waals surface area (Å²) in [7, 11) is -8.76. The molecule has 0 saturated carbocycles. The molecule has 0 aliphatic carbocycles. The molecule has 0 atom stereocenters. The fourth-order valence-electron chi connectivity index (χ4n) is 0.917. The van der Waals surface area contributed by atoms with Crippen LogP contribution in [0.25, 0.3) is 0 Å². The topological polar surface area (TPSA) is 115 Å². The average Bonchev–Trinajstić information content (AvgIpc) is 2.28. The van der Waals surface area contributed by atoms with E-state index >= 15 is 0 Å². The van der Waals surface area contributed by atoms with Crippen molar-refractivity contribution in [2.75, 3.05) is 19.8 Å². The number of nitrogens with zero attached hydrogens (tertiary/aromatic N) is 2. The summed E-state index contributed by atoms with van der Waals surface area (Å²) in [5.41, 5.74) is 0. The summed E-state index contributed by atoms with van der Waals surface area (Å²) < 4.78 is 60.0. The van der Waals surface area contributed by atoms with E-state index in [-0.39, 0.29) is 13.1 Å². The van der Waals surface area contributed by atoms with Crippen molar-refractivity contribution < 1.29 is 25.9 Å². The molecule has 0 aromatic rings. The molecule has 1 rings (SSSR count). The molecule has 0 aromatic heterocycles. The van der Waals surface area contributed by atoms with E-state index in [0.717, 1.165) is 0 Å². The molecule has 0 aromatic carbocycles. The van der Waals surface area contributed by atoms with Crippen LogP contribution in [0.1, 0.15) is 0 Å². The average molecular weight is 232 g/mol. The van der Waals surface area contributed by atoms with Gasteiger partial charge in [0.05, 0.1) is 6.67 Å². The lowest BCUT2D eigenvalue weighted by Gasteiger charge is -2.11. The summed E-state index contributed by atoms with van der Waals surface area (Å²) in [6.07, 6.45) is 0. The molecule has 1 aliphatic heterocycles. The van der Waals surface area contributed by atoms with Crippen LogP contribution in [0.3, 0.4) is 0 Å². The highest BCUT2D eigenvalue weighted by atomic mass is 32.2. The molecule has 1 saturated heterocycles. The molecule has 2 N–H and O–H groups in total. The largest absolute Gasteiger partial charge is 0.337 e. The first-order valence-electron chi connectivity index (χ1n) is 3.16. The van der Waals surface area contributed by atoms with Gasteiger partial charge in [0.1, 0.15) is 0 Å². The maximum atomic E-state index is 10.5. The van der Waals surface area contributed by atoms with E-state index in [2.05, 4.69) is 0 Å². The van der Waals surface area contributed by atoms with E-state index in [1.165, 1.54) is 0 Å². The Labute approximate surface area is 75.5 Å². The monoisotopic (exact) mass is 232 g/mol. The summed E-state index contributed by atoms with van der Waals surface area (Å²) in [6, 6.07) is 0. The Morgan fingerprint density at radius 3 is 1.31 bits per heavy atom. The van der Waals surface area contributed by atoms with Gasteiger partial charge in [-0.05, 0) is 0 Å².